The quantitative estimate of drug-likeness (QED) is 0.777. The lowest BCUT2D eigenvalue weighted by molar-refractivity contribution is -0.135. The molecular formula is C12H15ClF3NO2S. The lowest BCUT2D eigenvalue weighted by Crippen LogP contribution is -2.38. The monoisotopic (exact) mass is 329 g/mol. The van der Waals surface area contributed by atoms with E-state index in [4.69, 9.17) is 11.6 Å². The minimum absolute atomic E-state index is 0.0978. The van der Waals surface area contributed by atoms with Gasteiger partial charge in [-0.2, -0.15) is 17.5 Å². The Kier molecular flexibility index (Phi) is 5.46. The lowest BCUT2D eigenvalue weighted by atomic mass is 10.1. The fourth-order valence-corrected chi connectivity index (χ4v) is 3.44. The van der Waals surface area contributed by atoms with Crippen LogP contribution in [-0.2, 0) is 15.9 Å². The van der Waals surface area contributed by atoms with Gasteiger partial charge in [0, 0.05) is 12.4 Å². The molecule has 20 heavy (non-hydrogen) atoms. The Bertz CT molecular complexity index is 573. The van der Waals surface area contributed by atoms with E-state index < -0.39 is 22.7 Å². The van der Waals surface area contributed by atoms with Crippen molar-refractivity contribution in [1.29, 1.82) is 0 Å². The normalized spacial score (nSPS) is 12.9. The van der Waals surface area contributed by atoms with Crippen molar-refractivity contribution in [3.8, 4) is 0 Å². The van der Waals surface area contributed by atoms with E-state index in [0.29, 0.717) is 9.87 Å². The zero-order valence-electron chi connectivity index (χ0n) is 11.0. The van der Waals surface area contributed by atoms with E-state index in [-0.39, 0.29) is 17.3 Å². The third kappa shape index (κ3) is 4.10. The van der Waals surface area contributed by atoms with Gasteiger partial charge < -0.3 is 0 Å². The number of sulfonamides is 1. The molecule has 3 nitrogen and oxygen atoms in total. The average molecular weight is 330 g/mol. The number of halogens is 4. The van der Waals surface area contributed by atoms with Gasteiger partial charge in [0.1, 0.15) is 6.54 Å². The van der Waals surface area contributed by atoms with Crippen LogP contribution in [-0.4, -0.2) is 32.0 Å². The molecule has 1 rings (SSSR count). The van der Waals surface area contributed by atoms with Gasteiger partial charge in [-0.25, -0.2) is 8.42 Å². The molecule has 114 valence electrons. The number of hydrogen-bond acceptors (Lipinski definition) is 2. The zero-order valence-corrected chi connectivity index (χ0v) is 12.6. The van der Waals surface area contributed by atoms with Crippen LogP contribution >= 0.6 is 11.6 Å². The Labute approximate surface area is 121 Å². The molecule has 0 spiro atoms. The van der Waals surface area contributed by atoms with Crippen molar-refractivity contribution >= 4 is 21.6 Å². The van der Waals surface area contributed by atoms with Crippen molar-refractivity contribution in [2.24, 2.45) is 0 Å². The largest absolute Gasteiger partial charge is 0.402 e. The molecule has 0 unspecified atom stereocenters. The molecule has 0 amide bonds. The Morgan fingerprint density at radius 1 is 1.30 bits per heavy atom. The lowest BCUT2D eigenvalue weighted by Gasteiger charge is -2.22. The molecule has 0 saturated carbocycles. The Balaban J connectivity index is 3.20. The van der Waals surface area contributed by atoms with Gasteiger partial charge in [0.15, 0.2) is 0 Å². The van der Waals surface area contributed by atoms with E-state index in [1.165, 1.54) is 25.1 Å². The summed E-state index contributed by atoms with van der Waals surface area (Å²) in [5.41, 5.74) is 1.37. The smallest absolute Gasteiger partial charge is 0.207 e. The molecule has 0 bridgehead atoms. The maximum Gasteiger partial charge on any atom is 0.402 e. The van der Waals surface area contributed by atoms with Crippen LogP contribution in [0.2, 0.25) is 0 Å². The van der Waals surface area contributed by atoms with Gasteiger partial charge in [0.2, 0.25) is 10.0 Å². The van der Waals surface area contributed by atoms with E-state index in [9.17, 15) is 21.6 Å². The molecule has 0 N–H and O–H groups in total. The van der Waals surface area contributed by atoms with Gasteiger partial charge in [0.05, 0.1) is 4.90 Å². The van der Waals surface area contributed by atoms with Crippen LogP contribution in [0.15, 0.2) is 23.1 Å². The fourth-order valence-electron chi connectivity index (χ4n) is 1.67. The maximum atomic E-state index is 12.4. The summed E-state index contributed by atoms with van der Waals surface area (Å²) in [5, 5.41) is 0. The summed E-state index contributed by atoms with van der Waals surface area (Å²) in [6, 6.07) is 4.14. The first kappa shape index (κ1) is 17.3. The van der Waals surface area contributed by atoms with Crippen LogP contribution in [0.1, 0.15) is 18.1 Å². The van der Waals surface area contributed by atoms with Crippen LogP contribution in [0.4, 0.5) is 13.2 Å². The predicted molar refractivity (Wildman–Crippen MR) is 71.2 cm³/mol. The van der Waals surface area contributed by atoms with E-state index in [2.05, 4.69) is 0 Å². The summed E-state index contributed by atoms with van der Waals surface area (Å²) in [5.74, 6) is 0.0978. The Hall–Kier alpha value is -0.790. The Morgan fingerprint density at radius 3 is 2.35 bits per heavy atom. The molecule has 0 atom stereocenters. The van der Waals surface area contributed by atoms with Gasteiger partial charge in [-0.05, 0) is 30.2 Å². The molecule has 0 aliphatic carbocycles. The second-order valence-electron chi connectivity index (χ2n) is 4.27. The first-order valence-corrected chi connectivity index (χ1v) is 7.81. The number of rotatable bonds is 5. The summed E-state index contributed by atoms with van der Waals surface area (Å²) in [6.07, 6.45) is -4.58. The Morgan fingerprint density at radius 2 is 1.90 bits per heavy atom. The molecule has 0 aliphatic rings. The number of nitrogens with zero attached hydrogens (tertiary/aromatic N) is 1. The molecule has 1 aromatic carbocycles. The summed E-state index contributed by atoms with van der Waals surface area (Å²) in [7, 11) is -4.18. The van der Waals surface area contributed by atoms with E-state index in [0.717, 1.165) is 5.56 Å². The van der Waals surface area contributed by atoms with E-state index in [1.54, 1.807) is 6.92 Å². The van der Waals surface area contributed by atoms with E-state index in [1.807, 2.05) is 0 Å². The fraction of sp³-hybridized carbons (Fsp3) is 0.500. The van der Waals surface area contributed by atoms with Crippen LogP contribution in [0.25, 0.3) is 0 Å². The molecular weight excluding hydrogens is 315 g/mol. The van der Waals surface area contributed by atoms with Gasteiger partial charge >= 0.3 is 6.18 Å². The number of aryl methyl sites for hydroxylation is 1. The summed E-state index contributed by atoms with van der Waals surface area (Å²) in [4.78, 5) is -0.176. The molecule has 0 heterocycles. The van der Waals surface area contributed by atoms with Gasteiger partial charge in [-0.15, -0.1) is 11.6 Å². The SMILES string of the molecule is CCN(CC(F)(F)F)S(=O)(=O)c1ccc(C)c(CCl)c1. The molecule has 0 fully saturated rings. The highest BCUT2D eigenvalue weighted by atomic mass is 35.5. The second kappa shape index (κ2) is 6.32. The molecule has 0 saturated heterocycles. The molecule has 0 aromatic heterocycles. The second-order valence-corrected chi connectivity index (χ2v) is 6.47. The predicted octanol–water partition coefficient (Wildman–Crippen LogP) is 3.31. The summed E-state index contributed by atoms with van der Waals surface area (Å²) >= 11 is 5.69. The summed E-state index contributed by atoms with van der Waals surface area (Å²) < 4.78 is 62.1. The third-order valence-corrected chi connectivity index (χ3v) is 5.02. The van der Waals surface area contributed by atoms with Crippen molar-refractivity contribution in [1.82, 2.24) is 4.31 Å². The van der Waals surface area contributed by atoms with Gasteiger partial charge in [-0.3, -0.25) is 0 Å². The molecule has 0 aliphatic heterocycles. The van der Waals surface area contributed by atoms with Crippen LogP contribution in [0.3, 0.4) is 0 Å². The highest BCUT2D eigenvalue weighted by Crippen LogP contribution is 2.24. The maximum absolute atomic E-state index is 12.4. The molecule has 0 radical (unpaired) electrons. The first-order valence-electron chi connectivity index (χ1n) is 5.84. The first-order chi connectivity index (χ1) is 9.11. The highest BCUT2D eigenvalue weighted by molar-refractivity contribution is 7.89. The number of alkyl halides is 4. The van der Waals surface area contributed by atoms with Crippen LogP contribution in [0, 0.1) is 6.92 Å². The highest BCUT2D eigenvalue weighted by Gasteiger charge is 2.36. The number of hydrogen-bond donors (Lipinski definition) is 0. The van der Waals surface area contributed by atoms with Gasteiger partial charge in [-0.1, -0.05) is 13.0 Å². The zero-order chi connectivity index (χ0) is 15.6. The van der Waals surface area contributed by atoms with Crippen molar-refractivity contribution in [3.63, 3.8) is 0 Å². The van der Waals surface area contributed by atoms with Gasteiger partial charge in [0.25, 0.3) is 0 Å². The van der Waals surface area contributed by atoms with Crippen molar-refractivity contribution in [3.05, 3.63) is 29.3 Å². The summed E-state index contributed by atoms with van der Waals surface area (Å²) in [6.45, 7) is 1.35. The molecule has 8 heteroatoms. The van der Waals surface area contributed by atoms with Crippen LogP contribution < -0.4 is 0 Å². The van der Waals surface area contributed by atoms with E-state index >= 15 is 0 Å². The van der Waals surface area contributed by atoms with Crippen molar-refractivity contribution < 1.29 is 21.6 Å². The van der Waals surface area contributed by atoms with Crippen LogP contribution in [0.5, 0.6) is 0 Å². The third-order valence-electron chi connectivity index (χ3n) is 2.81. The average Bonchev–Trinajstić information content (AvgIpc) is 2.35. The van der Waals surface area contributed by atoms with Crippen molar-refractivity contribution in [2.75, 3.05) is 13.1 Å². The number of benzene rings is 1. The minimum atomic E-state index is -4.58. The topological polar surface area (TPSA) is 37.4 Å². The molecule has 1 aromatic rings. The van der Waals surface area contributed by atoms with Crippen molar-refractivity contribution in [2.45, 2.75) is 30.8 Å². The standard InChI is InChI=1S/C12H15ClF3NO2S/c1-3-17(8-12(14,15)16)20(18,19)11-5-4-9(2)10(6-11)7-13/h4-6H,3,7-8H2,1-2H3. The minimum Gasteiger partial charge on any atom is -0.207 e.